The van der Waals surface area contributed by atoms with E-state index < -0.39 is 16.8 Å². The monoisotopic (exact) mass is 479 g/mol. The van der Waals surface area contributed by atoms with Crippen molar-refractivity contribution in [3.8, 4) is 23.0 Å². The third-order valence-electron chi connectivity index (χ3n) is 4.53. The first kappa shape index (κ1) is 24.7. The van der Waals surface area contributed by atoms with Crippen LogP contribution in [0.25, 0.3) is 0 Å². The molecule has 11 nitrogen and oxygen atoms in total. The minimum atomic E-state index is -0.562. The van der Waals surface area contributed by atoms with Gasteiger partial charge in [0.15, 0.2) is 18.1 Å². The molecule has 180 valence electrons. The lowest BCUT2D eigenvalue weighted by Gasteiger charge is -2.09. The molecule has 0 aliphatic carbocycles. The number of carbonyl (C=O) groups is 2. The normalized spacial score (nSPS) is 10.5. The van der Waals surface area contributed by atoms with Crippen molar-refractivity contribution < 1.29 is 33.5 Å². The summed E-state index contributed by atoms with van der Waals surface area (Å²) >= 11 is 0. The number of non-ortho nitro benzene ring substituents is 1. The number of nitro benzene ring substituents is 1. The van der Waals surface area contributed by atoms with Crippen LogP contribution in [-0.2, 0) is 4.79 Å². The quantitative estimate of drug-likeness (QED) is 0.154. The smallest absolute Gasteiger partial charge is 0.343 e. The number of esters is 1. The van der Waals surface area contributed by atoms with Crippen LogP contribution in [0.15, 0.2) is 71.8 Å². The summed E-state index contributed by atoms with van der Waals surface area (Å²) in [5.41, 5.74) is 3.18. The van der Waals surface area contributed by atoms with Crippen molar-refractivity contribution in [3.63, 3.8) is 0 Å². The van der Waals surface area contributed by atoms with Crippen molar-refractivity contribution in [3.05, 3.63) is 88.0 Å². The number of nitro groups is 1. The van der Waals surface area contributed by atoms with Gasteiger partial charge in [0.1, 0.15) is 11.5 Å². The Morgan fingerprint density at radius 2 is 1.60 bits per heavy atom. The first-order chi connectivity index (χ1) is 16.9. The Labute approximate surface area is 200 Å². The largest absolute Gasteiger partial charge is 0.493 e. The van der Waals surface area contributed by atoms with Gasteiger partial charge in [0.2, 0.25) is 0 Å². The molecule has 0 heterocycles. The van der Waals surface area contributed by atoms with E-state index in [-0.39, 0.29) is 12.3 Å². The van der Waals surface area contributed by atoms with E-state index in [2.05, 4.69) is 10.5 Å². The molecule has 1 N–H and O–H groups in total. The maximum Gasteiger partial charge on any atom is 0.343 e. The van der Waals surface area contributed by atoms with E-state index in [0.29, 0.717) is 34.1 Å². The fourth-order valence-electron chi connectivity index (χ4n) is 2.78. The lowest BCUT2D eigenvalue weighted by molar-refractivity contribution is -0.384. The van der Waals surface area contributed by atoms with Crippen LogP contribution in [0.4, 0.5) is 5.69 Å². The second-order valence-corrected chi connectivity index (χ2v) is 6.86. The molecule has 0 atom stereocenters. The highest BCUT2D eigenvalue weighted by Crippen LogP contribution is 2.28. The van der Waals surface area contributed by atoms with Gasteiger partial charge in [-0.3, -0.25) is 14.9 Å². The Bertz CT molecular complexity index is 1220. The molecule has 0 bridgehead atoms. The lowest BCUT2D eigenvalue weighted by atomic mass is 10.2. The standard InChI is InChI=1S/C24H21N3O8/c1-32-21-12-5-17(13-22(21)33-2)24(29)35-20-8-3-16(4-9-20)14-25-26-23(28)15-34-19-10-6-18(7-11-19)27(30)31/h3-14H,15H2,1-2H3,(H,26,28)/b25-14+. The van der Waals surface area contributed by atoms with Crippen molar-refractivity contribution in [2.45, 2.75) is 0 Å². The second kappa shape index (κ2) is 11.8. The number of benzene rings is 3. The number of carbonyl (C=O) groups excluding carboxylic acids is 2. The predicted molar refractivity (Wildman–Crippen MR) is 125 cm³/mol. The van der Waals surface area contributed by atoms with Crippen molar-refractivity contribution in [1.29, 1.82) is 0 Å². The molecular formula is C24H21N3O8. The van der Waals surface area contributed by atoms with Gasteiger partial charge < -0.3 is 18.9 Å². The minimum Gasteiger partial charge on any atom is -0.493 e. The summed E-state index contributed by atoms with van der Waals surface area (Å²) in [5, 5.41) is 14.5. The average Bonchev–Trinajstić information content (AvgIpc) is 2.88. The number of nitrogens with one attached hydrogen (secondary N) is 1. The molecule has 0 saturated carbocycles. The molecule has 0 spiro atoms. The topological polar surface area (TPSA) is 139 Å². The molecular weight excluding hydrogens is 458 g/mol. The lowest BCUT2D eigenvalue weighted by Crippen LogP contribution is -2.24. The molecule has 0 aliphatic rings. The van der Waals surface area contributed by atoms with E-state index in [9.17, 15) is 19.7 Å². The van der Waals surface area contributed by atoms with Gasteiger partial charge >= 0.3 is 5.97 Å². The molecule has 35 heavy (non-hydrogen) atoms. The van der Waals surface area contributed by atoms with Crippen LogP contribution in [0.2, 0.25) is 0 Å². The summed E-state index contributed by atoms with van der Waals surface area (Å²) in [6.07, 6.45) is 1.41. The van der Waals surface area contributed by atoms with Crippen molar-refractivity contribution in [2.75, 3.05) is 20.8 Å². The van der Waals surface area contributed by atoms with Gasteiger partial charge in [0.25, 0.3) is 11.6 Å². The zero-order valence-electron chi connectivity index (χ0n) is 18.8. The van der Waals surface area contributed by atoms with E-state index in [1.165, 1.54) is 50.8 Å². The molecule has 1 amide bonds. The summed E-state index contributed by atoms with van der Waals surface area (Å²) < 4.78 is 21.0. The van der Waals surface area contributed by atoms with Gasteiger partial charge in [0.05, 0.1) is 30.9 Å². The SMILES string of the molecule is COc1ccc(C(=O)Oc2ccc(/C=N/NC(=O)COc3ccc([N+](=O)[O-])cc3)cc2)cc1OC. The first-order valence-corrected chi connectivity index (χ1v) is 10.1. The van der Waals surface area contributed by atoms with E-state index in [1.54, 1.807) is 36.4 Å². The maximum atomic E-state index is 12.4. The number of hydrogen-bond acceptors (Lipinski definition) is 9. The fourth-order valence-corrected chi connectivity index (χ4v) is 2.78. The van der Waals surface area contributed by atoms with E-state index in [0.717, 1.165) is 0 Å². The summed E-state index contributed by atoms with van der Waals surface area (Å²) in [6, 6.07) is 16.5. The van der Waals surface area contributed by atoms with Gasteiger partial charge in [-0.05, 0) is 60.2 Å². The minimum absolute atomic E-state index is 0.0758. The summed E-state index contributed by atoms with van der Waals surface area (Å²) in [4.78, 5) is 34.3. The summed E-state index contributed by atoms with van der Waals surface area (Å²) in [6.45, 7) is -0.319. The maximum absolute atomic E-state index is 12.4. The van der Waals surface area contributed by atoms with E-state index in [4.69, 9.17) is 18.9 Å². The average molecular weight is 479 g/mol. The predicted octanol–water partition coefficient (Wildman–Crippen LogP) is 3.36. The van der Waals surface area contributed by atoms with Crippen LogP contribution in [0, 0.1) is 10.1 Å². The third-order valence-corrected chi connectivity index (χ3v) is 4.53. The number of rotatable bonds is 10. The molecule has 0 aliphatic heterocycles. The van der Waals surface area contributed by atoms with Crippen molar-refractivity contribution >= 4 is 23.8 Å². The van der Waals surface area contributed by atoms with Crippen molar-refractivity contribution in [1.82, 2.24) is 5.43 Å². The molecule has 0 saturated heterocycles. The highest BCUT2D eigenvalue weighted by Gasteiger charge is 2.13. The Morgan fingerprint density at radius 3 is 2.23 bits per heavy atom. The van der Waals surface area contributed by atoms with Gasteiger partial charge in [-0.15, -0.1) is 0 Å². The Balaban J connectivity index is 1.48. The molecule has 0 fully saturated rings. The highest BCUT2D eigenvalue weighted by molar-refractivity contribution is 5.92. The number of hydrazone groups is 1. The first-order valence-electron chi connectivity index (χ1n) is 10.1. The van der Waals surface area contributed by atoms with Gasteiger partial charge in [-0.1, -0.05) is 0 Å². The summed E-state index contributed by atoms with van der Waals surface area (Å²) in [5.74, 6) is 0.467. The van der Waals surface area contributed by atoms with E-state index in [1.807, 2.05) is 0 Å². The van der Waals surface area contributed by atoms with Crippen LogP contribution in [-0.4, -0.2) is 43.8 Å². The van der Waals surface area contributed by atoms with Crippen LogP contribution in [0.5, 0.6) is 23.0 Å². The highest BCUT2D eigenvalue weighted by atomic mass is 16.6. The molecule has 3 rings (SSSR count). The Hall–Kier alpha value is -4.93. The third kappa shape index (κ3) is 7.02. The molecule has 0 radical (unpaired) electrons. The van der Waals surface area contributed by atoms with Crippen LogP contribution in [0.1, 0.15) is 15.9 Å². The number of methoxy groups -OCH3 is 2. The number of ether oxygens (including phenoxy) is 4. The number of hydrogen-bond donors (Lipinski definition) is 1. The van der Waals surface area contributed by atoms with Gasteiger partial charge in [0, 0.05) is 12.1 Å². The molecule has 11 heteroatoms. The van der Waals surface area contributed by atoms with Crippen LogP contribution >= 0.6 is 0 Å². The van der Waals surface area contributed by atoms with Gasteiger partial charge in [-0.2, -0.15) is 5.10 Å². The number of nitrogens with zero attached hydrogens (tertiary/aromatic N) is 2. The second-order valence-electron chi connectivity index (χ2n) is 6.86. The summed E-state index contributed by atoms with van der Waals surface area (Å²) in [7, 11) is 2.98. The Morgan fingerprint density at radius 1 is 0.943 bits per heavy atom. The van der Waals surface area contributed by atoms with Gasteiger partial charge in [-0.25, -0.2) is 10.2 Å². The molecule has 3 aromatic carbocycles. The van der Waals surface area contributed by atoms with Crippen molar-refractivity contribution in [2.24, 2.45) is 5.10 Å². The zero-order valence-corrected chi connectivity index (χ0v) is 18.8. The van der Waals surface area contributed by atoms with E-state index >= 15 is 0 Å². The Kier molecular flexibility index (Phi) is 8.33. The number of amides is 1. The van der Waals surface area contributed by atoms with Crippen LogP contribution in [0.3, 0.4) is 0 Å². The zero-order chi connectivity index (χ0) is 25.2. The molecule has 3 aromatic rings. The molecule has 0 aromatic heterocycles. The van der Waals surface area contributed by atoms with Crippen LogP contribution < -0.4 is 24.4 Å². The molecule has 0 unspecified atom stereocenters. The fraction of sp³-hybridized carbons (Fsp3) is 0.125.